The van der Waals surface area contributed by atoms with Crippen LogP contribution in [-0.4, -0.2) is 16.9 Å². The fourth-order valence-electron chi connectivity index (χ4n) is 1.00. The molecule has 1 amide bonds. The van der Waals surface area contributed by atoms with Gasteiger partial charge in [0.1, 0.15) is 0 Å². The number of carbonyl (C=O) groups excluding carboxylic acids is 1. The van der Waals surface area contributed by atoms with Crippen LogP contribution in [0.3, 0.4) is 0 Å². The molecule has 2 rings (SSSR count). The van der Waals surface area contributed by atoms with E-state index >= 15 is 0 Å². The monoisotopic (exact) mass is 221 g/mol. The number of rotatable bonds is 2. The van der Waals surface area contributed by atoms with Crippen molar-refractivity contribution in [1.82, 2.24) is 10.8 Å². The highest BCUT2D eigenvalue weighted by Crippen LogP contribution is 2.06. The van der Waals surface area contributed by atoms with E-state index in [1.807, 2.05) is 18.2 Å². The number of benzene rings is 1. The van der Waals surface area contributed by atoms with E-state index in [1.165, 1.54) is 0 Å². The Bertz CT molecular complexity index is 430. The molecule has 2 N–H and O–H groups in total. The Morgan fingerprint density at radius 3 is 2.67 bits per heavy atom. The third kappa shape index (κ3) is 2.29. The highest BCUT2D eigenvalue weighted by molar-refractivity contribution is 7.80. The van der Waals surface area contributed by atoms with Gasteiger partial charge in [0.2, 0.25) is 10.9 Å². The third-order valence-corrected chi connectivity index (χ3v) is 1.85. The van der Waals surface area contributed by atoms with Crippen LogP contribution in [-0.2, 0) is 4.79 Å². The van der Waals surface area contributed by atoms with Gasteiger partial charge in [-0.2, -0.15) is 10.5 Å². The molecule has 1 aromatic carbocycles. The molecule has 0 saturated carbocycles. The zero-order valence-electron chi connectivity index (χ0n) is 7.56. The summed E-state index contributed by atoms with van der Waals surface area (Å²) in [5.41, 5.74) is 2.43. The molecule has 0 atom stereocenters. The lowest BCUT2D eigenvalue weighted by Gasteiger charge is -2.05. The standard InChI is InChI=1S/C9H7N3O2S/c13-8-7(10-9(15)11-8)12-14-6-4-2-1-3-5-6/h1-5H,(H2,10,11,12,13,15). The summed E-state index contributed by atoms with van der Waals surface area (Å²) >= 11 is 4.69. The van der Waals surface area contributed by atoms with Crippen LogP contribution in [0.4, 0.5) is 0 Å². The fourth-order valence-corrected chi connectivity index (χ4v) is 1.19. The van der Waals surface area contributed by atoms with E-state index in [0.717, 1.165) is 0 Å². The van der Waals surface area contributed by atoms with Crippen molar-refractivity contribution in [1.29, 1.82) is 0 Å². The van der Waals surface area contributed by atoms with Gasteiger partial charge in [0.25, 0.3) is 5.91 Å². The number of hydroxylamine groups is 1. The van der Waals surface area contributed by atoms with Crippen molar-refractivity contribution < 1.29 is 9.63 Å². The first kappa shape index (κ1) is 9.60. The van der Waals surface area contributed by atoms with Crippen molar-refractivity contribution >= 4 is 29.1 Å². The molecule has 1 heterocycles. The maximum absolute atomic E-state index is 11.1. The molecule has 15 heavy (non-hydrogen) atoms. The lowest BCUT2D eigenvalue weighted by molar-refractivity contribution is -0.113. The summed E-state index contributed by atoms with van der Waals surface area (Å²) in [6, 6.07) is 9.00. The fraction of sp³-hybridized carbons (Fsp3) is 0. The van der Waals surface area contributed by atoms with Crippen molar-refractivity contribution in [2.75, 3.05) is 0 Å². The molecule has 1 aliphatic heterocycles. The first-order valence-corrected chi connectivity index (χ1v) is 4.58. The number of nitrogens with one attached hydrogen (secondary N) is 2. The predicted molar refractivity (Wildman–Crippen MR) is 58.4 cm³/mol. The number of amides is 1. The number of hydrogen-bond acceptors (Lipinski definition) is 4. The van der Waals surface area contributed by atoms with Crippen LogP contribution in [0.1, 0.15) is 0 Å². The summed E-state index contributed by atoms with van der Waals surface area (Å²) in [6.07, 6.45) is 0. The van der Waals surface area contributed by atoms with Gasteiger partial charge in [-0.3, -0.25) is 10.1 Å². The van der Waals surface area contributed by atoms with Gasteiger partial charge >= 0.3 is 0 Å². The van der Waals surface area contributed by atoms with Gasteiger partial charge in [0, 0.05) is 0 Å². The molecular formula is C9H7N3O2S. The normalized spacial score (nSPS) is 14.5. The summed E-state index contributed by atoms with van der Waals surface area (Å²) in [7, 11) is 0. The summed E-state index contributed by atoms with van der Waals surface area (Å²) in [4.78, 5) is 20.0. The van der Waals surface area contributed by atoms with Gasteiger partial charge in [-0.1, -0.05) is 18.2 Å². The zero-order valence-corrected chi connectivity index (χ0v) is 8.38. The molecular weight excluding hydrogens is 214 g/mol. The van der Waals surface area contributed by atoms with E-state index in [1.54, 1.807) is 12.1 Å². The SMILES string of the molecule is O=C1NC(=S)N=C1NOc1ccccc1. The lowest BCUT2D eigenvalue weighted by atomic mass is 10.3. The highest BCUT2D eigenvalue weighted by atomic mass is 32.1. The molecule has 6 heteroatoms. The van der Waals surface area contributed by atoms with Crippen molar-refractivity contribution in [2.45, 2.75) is 0 Å². The van der Waals surface area contributed by atoms with Crippen molar-refractivity contribution in [2.24, 2.45) is 4.99 Å². The summed E-state index contributed by atoms with van der Waals surface area (Å²) < 4.78 is 0. The molecule has 0 saturated heterocycles. The van der Waals surface area contributed by atoms with Crippen LogP contribution in [0.25, 0.3) is 0 Å². The topological polar surface area (TPSA) is 62.7 Å². The van der Waals surface area contributed by atoms with E-state index < -0.39 is 5.91 Å². The van der Waals surface area contributed by atoms with Gasteiger partial charge in [-0.05, 0) is 24.4 Å². The molecule has 0 unspecified atom stereocenters. The molecule has 0 spiro atoms. The predicted octanol–water partition coefficient (Wildman–Crippen LogP) is 0.383. The van der Waals surface area contributed by atoms with E-state index in [2.05, 4.69) is 28.0 Å². The Hall–Kier alpha value is -1.95. The second kappa shape index (κ2) is 4.05. The van der Waals surface area contributed by atoms with Crippen molar-refractivity contribution in [3.63, 3.8) is 0 Å². The van der Waals surface area contributed by atoms with E-state index in [-0.39, 0.29) is 10.9 Å². The maximum Gasteiger partial charge on any atom is 0.296 e. The molecule has 5 nitrogen and oxygen atoms in total. The van der Waals surface area contributed by atoms with Crippen LogP contribution in [0.15, 0.2) is 35.3 Å². The number of thiocarbonyl (C=S) groups is 1. The van der Waals surface area contributed by atoms with Crippen LogP contribution in [0.5, 0.6) is 5.75 Å². The number of aliphatic imine (C=N–C) groups is 1. The number of carbonyl (C=O) groups is 1. The average molecular weight is 221 g/mol. The summed E-state index contributed by atoms with van der Waals surface area (Å²) in [5.74, 6) is 0.255. The van der Waals surface area contributed by atoms with Gasteiger partial charge in [-0.25, -0.2) is 0 Å². The van der Waals surface area contributed by atoms with Gasteiger partial charge in [0.05, 0.1) is 0 Å². The number of amidine groups is 1. The average Bonchev–Trinajstić information content (AvgIpc) is 2.56. The first-order valence-electron chi connectivity index (χ1n) is 4.17. The highest BCUT2D eigenvalue weighted by Gasteiger charge is 2.20. The van der Waals surface area contributed by atoms with Crippen molar-refractivity contribution in [3.05, 3.63) is 30.3 Å². The van der Waals surface area contributed by atoms with E-state index in [0.29, 0.717) is 5.75 Å². The maximum atomic E-state index is 11.1. The van der Waals surface area contributed by atoms with E-state index in [4.69, 9.17) is 4.84 Å². The lowest BCUT2D eigenvalue weighted by Crippen LogP contribution is -2.36. The first-order chi connectivity index (χ1) is 7.25. The number of nitrogens with zero attached hydrogens (tertiary/aromatic N) is 1. The second-order valence-electron chi connectivity index (χ2n) is 2.74. The van der Waals surface area contributed by atoms with Crippen LogP contribution >= 0.6 is 12.2 Å². The molecule has 0 bridgehead atoms. The zero-order chi connectivity index (χ0) is 10.7. The summed E-state index contributed by atoms with van der Waals surface area (Å²) in [5, 5.41) is 2.49. The summed E-state index contributed by atoms with van der Waals surface area (Å²) in [6.45, 7) is 0. The Balaban J connectivity index is 1.97. The van der Waals surface area contributed by atoms with Crippen molar-refractivity contribution in [3.8, 4) is 5.75 Å². The number of para-hydroxylation sites is 1. The quantitative estimate of drug-likeness (QED) is 0.560. The molecule has 76 valence electrons. The molecule has 0 fully saturated rings. The molecule has 1 aromatic rings. The van der Waals surface area contributed by atoms with Crippen LogP contribution in [0, 0.1) is 0 Å². The van der Waals surface area contributed by atoms with Gasteiger partial charge in [-0.15, -0.1) is 0 Å². The Morgan fingerprint density at radius 1 is 1.33 bits per heavy atom. The van der Waals surface area contributed by atoms with Crippen LogP contribution in [0.2, 0.25) is 0 Å². The minimum atomic E-state index is -0.393. The Labute approximate surface area is 91.1 Å². The number of hydrogen-bond donors (Lipinski definition) is 2. The minimum Gasteiger partial charge on any atom is -0.381 e. The molecule has 0 aliphatic carbocycles. The van der Waals surface area contributed by atoms with Gasteiger partial charge < -0.3 is 4.84 Å². The minimum absolute atomic E-state index is 0.0591. The van der Waals surface area contributed by atoms with E-state index in [9.17, 15) is 4.79 Å². The van der Waals surface area contributed by atoms with Crippen LogP contribution < -0.4 is 15.6 Å². The smallest absolute Gasteiger partial charge is 0.296 e. The third-order valence-electron chi connectivity index (χ3n) is 1.66. The largest absolute Gasteiger partial charge is 0.381 e. The molecule has 1 aliphatic rings. The van der Waals surface area contributed by atoms with Gasteiger partial charge in [0.15, 0.2) is 5.75 Å². The Morgan fingerprint density at radius 2 is 2.07 bits per heavy atom. The molecule has 0 aromatic heterocycles. The second-order valence-corrected chi connectivity index (χ2v) is 3.12. The Kier molecular flexibility index (Phi) is 2.59. The molecule has 0 radical (unpaired) electrons.